The Labute approximate surface area is 285 Å². The van der Waals surface area contributed by atoms with Gasteiger partial charge < -0.3 is 30.7 Å². The maximum atomic E-state index is 13.2. The molecule has 0 spiro atoms. The molecule has 0 heterocycles. The number of hydrogen-bond acceptors (Lipinski definition) is 6. The second-order valence-electron chi connectivity index (χ2n) is 13.0. The van der Waals surface area contributed by atoms with Crippen molar-refractivity contribution in [3.8, 4) is 5.75 Å². The highest BCUT2D eigenvalue weighted by molar-refractivity contribution is 5.94. The van der Waals surface area contributed by atoms with Crippen LogP contribution < -0.4 is 26.0 Å². The Morgan fingerprint density at radius 1 is 0.688 bits per heavy atom. The van der Waals surface area contributed by atoms with Crippen molar-refractivity contribution in [2.75, 3.05) is 19.7 Å². The summed E-state index contributed by atoms with van der Waals surface area (Å²) < 4.78 is 11.0. The number of amides is 2. The summed E-state index contributed by atoms with van der Waals surface area (Å²) in [4.78, 5) is 25.2. The zero-order valence-corrected chi connectivity index (χ0v) is 28.6. The summed E-state index contributed by atoms with van der Waals surface area (Å²) >= 11 is 0. The standard InChI is InChI=1S/C40H50N4O4/c1-5-47-37-22-20-31(21-23-37)25-36(43-38(45)34-14-10-7-11-15-34)28-42-35(24-30-12-8-6-9-13-30)27-41-26-32-16-18-33(19-17-32)29-48-39(46)44-40(2,3)4/h6-23,35-36,41-42H,5,24-29H2,1-4H3,(H,43,45)(H,44,46). The zero-order chi connectivity index (χ0) is 34.2. The Morgan fingerprint density at radius 2 is 1.27 bits per heavy atom. The molecule has 0 aliphatic carbocycles. The largest absolute Gasteiger partial charge is 0.494 e. The lowest BCUT2D eigenvalue weighted by atomic mass is 10.0. The van der Waals surface area contributed by atoms with Crippen molar-refractivity contribution in [3.05, 3.63) is 137 Å². The third-order valence-corrected chi connectivity index (χ3v) is 7.66. The monoisotopic (exact) mass is 650 g/mol. The number of hydrogen-bond donors (Lipinski definition) is 4. The van der Waals surface area contributed by atoms with Gasteiger partial charge in [0, 0.05) is 42.8 Å². The maximum absolute atomic E-state index is 13.2. The molecule has 4 aromatic rings. The fourth-order valence-corrected chi connectivity index (χ4v) is 5.26. The van der Waals surface area contributed by atoms with Crippen LogP contribution in [0.1, 0.15) is 60.3 Å². The van der Waals surface area contributed by atoms with Crippen LogP contribution >= 0.6 is 0 Å². The van der Waals surface area contributed by atoms with E-state index in [9.17, 15) is 9.59 Å². The van der Waals surface area contributed by atoms with Crippen LogP contribution in [0.4, 0.5) is 4.79 Å². The van der Waals surface area contributed by atoms with Crippen molar-refractivity contribution in [1.29, 1.82) is 0 Å². The summed E-state index contributed by atoms with van der Waals surface area (Å²) in [6.45, 7) is 10.6. The lowest BCUT2D eigenvalue weighted by Crippen LogP contribution is -2.49. The van der Waals surface area contributed by atoms with Crippen LogP contribution in [0.2, 0.25) is 0 Å². The Hall–Kier alpha value is -4.66. The first kappa shape index (κ1) is 36.2. The second kappa shape index (κ2) is 18.6. The van der Waals surface area contributed by atoms with E-state index in [-0.39, 0.29) is 30.1 Å². The highest BCUT2D eigenvalue weighted by atomic mass is 16.5. The minimum absolute atomic E-state index is 0.0882. The number of ether oxygens (including phenoxy) is 2. The first-order chi connectivity index (χ1) is 23.2. The smallest absolute Gasteiger partial charge is 0.407 e. The van der Waals surface area contributed by atoms with Crippen molar-refractivity contribution in [1.82, 2.24) is 21.3 Å². The van der Waals surface area contributed by atoms with E-state index in [0.29, 0.717) is 31.7 Å². The summed E-state index contributed by atoms with van der Waals surface area (Å²) in [5, 5.41) is 13.5. The number of carbonyl (C=O) groups is 2. The molecule has 0 saturated heterocycles. The number of nitrogens with one attached hydrogen (secondary N) is 4. The number of rotatable bonds is 17. The second-order valence-corrected chi connectivity index (χ2v) is 13.0. The highest BCUT2D eigenvalue weighted by Gasteiger charge is 2.18. The van der Waals surface area contributed by atoms with Crippen molar-refractivity contribution >= 4 is 12.0 Å². The Balaban J connectivity index is 1.37. The summed E-state index contributed by atoms with van der Waals surface area (Å²) in [6.07, 6.45) is 1.09. The van der Waals surface area contributed by atoms with Crippen LogP contribution in [0.5, 0.6) is 5.75 Å². The van der Waals surface area contributed by atoms with Gasteiger partial charge in [-0.1, -0.05) is 84.9 Å². The minimum atomic E-state index is -0.424. The number of carbonyl (C=O) groups excluding carboxylic acids is 2. The first-order valence-electron chi connectivity index (χ1n) is 16.8. The molecule has 0 aromatic heterocycles. The van der Waals surface area contributed by atoms with Gasteiger partial charge in [0.1, 0.15) is 12.4 Å². The molecular weight excluding hydrogens is 600 g/mol. The molecule has 2 atom stereocenters. The van der Waals surface area contributed by atoms with Gasteiger partial charge in [-0.2, -0.15) is 0 Å². The predicted molar refractivity (Wildman–Crippen MR) is 192 cm³/mol. The van der Waals surface area contributed by atoms with E-state index in [1.807, 2.05) is 88.4 Å². The summed E-state index contributed by atoms with van der Waals surface area (Å²) in [5.74, 6) is 0.750. The lowest BCUT2D eigenvalue weighted by molar-refractivity contribution is 0.0935. The van der Waals surface area contributed by atoms with Gasteiger partial charge in [0.05, 0.1) is 6.61 Å². The molecule has 48 heavy (non-hydrogen) atoms. The third kappa shape index (κ3) is 13.2. The van der Waals surface area contributed by atoms with Crippen molar-refractivity contribution in [3.63, 3.8) is 0 Å². The van der Waals surface area contributed by atoms with Crippen LogP contribution in [0, 0.1) is 0 Å². The molecule has 254 valence electrons. The van der Waals surface area contributed by atoms with Gasteiger partial charge in [0.15, 0.2) is 0 Å². The van der Waals surface area contributed by atoms with Gasteiger partial charge >= 0.3 is 6.09 Å². The van der Waals surface area contributed by atoms with E-state index in [1.54, 1.807) is 0 Å². The van der Waals surface area contributed by atoms with E-state index >= 15 is 0 Å². The SMILES string of the molecule is CCOc1ccc(CC(CNC(CNCc2ccc(COC(=O)NC(C)(C)C)cc2)Cc2ccccc2)NC(=O)c2ccccc2)cc1. The molecular formula is C40H50N4O4. The maximum Gasteiger partial charge on any atom is 0.407 e. The molecule has 0 bridgehead atoms. The average molecular weight is 651 g/mol. The Bertz CT molecular complexity index is 1520. The topological polar surface area (TPSA) is 101 Å². The van der Waals surface area contributed by atoms with Gasteiger partial charge in [-0.05, 0) is 87.1 Å². The quantitative estimate of drug-likeness (QED) is 0.105. The summed E-state index contributed by atoms with van der Waals surface area (Å²) in [6, 6.07) is 35.9. The van der Waals surface area contributed by atoms with Gasteiger partial charge in [-0.15, -0.1) is 0 Å². The van der Waals surface area contributed by atoms with Crippen molar-refractivity contribution in [2.45, 2.75) is 71.3 Å². The highest BCUT2D eigenvalue weighted by Crippen LogP contribution is 2.14. The van der Waals surface area contributed by atoms with Crippen LogP contribution in [0.15, 0.2) is 109 Å². The molecule has 8 nitrogen and oxygen atoms in total. The van der Waals surface area contributed by atoms with Crippen LogP contribution in [0.3, 0.4) is 0 Å². The van der Waals surface area contributed by atoms with E-state index in [1.165, 1.54) is 5.56 Å². The van der Waals surface area contributed by atoms with Crippen LogP contribution in [-0.4, -0.2) is 49.3 Å². The van der Waals surface area contributed by atoms with E-state index in [4.69, 9.17) is 9.47 Å². The molecule has 0 radical (unpaired) electrons. The van der Waals surface area contributed by atoms with E-state index in [2.05, 4.69) is 69.8 Å². The fraction of sp³-hybridized carbons (Fsp3) is 0.350. The molecule has 0 saturated carbocycles. The Morgan fingerprint density at radius 3 is 1.92 bits per heavy atom. The molecule has 4 aromatic carbocycles. The van der Waals surface area contributed by atoms with Crippen LogP contribution in [-0.2, 0) is 30.7 Å². The molecule has 2 unspecified atom stereocenters. The average Bonchev–Trinajstić information content (AvgIpc) is 3.07. The van der Waals surface area contributed by atoms with Gasteiger partial charge in [0.25, 0.3) is 5.91 Å². The molecule has 0 fully saturated rings. The summed E-state index contributed by atoms with van der Waals surface area (Å²) in [5.41, 5.74) is 4.74. The first-order valence-corrected chi connectivity index (χ1v) is 16.8. The predicted octanol–water partition coefficient (Wildman–Crippen LogP) is 6.44. The molecule has 0 aliphatic heterocycles. The third-order valence-electron chi connectivity index (χ3n) is 7.66. The molecule has 8 heteroatoms. The summed E-state index contributed by atoms with van der Waals surface area (Å²) in [7, 11) is 0. The van der Waals surface area contributed by atoms with Gasteiger partial charge in [0.2, 0.25) is 0 Å². The molecule has 2 amide bonds. The van der Waals surface area contributed by atoms with Crippen molar-refractivity contribution in [2.24, 2.45) is 0 Å². The molecule has 4 N–H and O–H groups in total. The van der Waals surface area contributed by atoms with E-state index in [0.717, 1.165) is 35.4 Å². The lowest BCUT2D eigenvalue weighted by Gasteiger charge is -2.25. The number of alkyl carbamates (subject to hydrolysis) is 1. The Kier molecular flexibility index (Phi) is 14.0. The number of benzene rings is 4. The minimum Gasteiger partial charge on any atom is -0.494 e. The van der Waals surface area contributed by atoms with Gasteiger partial charge in [-0.25, -0.2) is 4.79 Å². The van der Waals surface area contributed by atoms with Crippen LogP contribution in [0.25, 0.3) is 0 Å². The van der Waals surface area contributed by atoms with Crippen molar-refractivity contribution < 1.29 is 19.1 Å². The molecule has 0 aliphatic rings. The molecule has 4 rings (SSSR count). The van der Waals surface area contributed by atoms with Gasteiger partial charge in [-0.3, -0.25) is 4.79 Å². The zero-order valence-electron chi connectivity index (χ0n) is 28.6. The normalized spacial score (nSPS) is 12.5. The fourth-order valence-electron chi connectivity index (χ4n) is 5.26. The van der Waals surface area contributed by atoms with E-state index < -0.39 is 6.09 Å².